The first-order chi connectivity index (χ1) is 12.6. The molecule has 2 heterocycles. The number of aromatic nitrogens is 2. The Morgan fingerprint density at radius 3 is 2.81 bits per heavy atom. The minimum Gasteiger partial charge on any atom is -0.451 e. The molecule has 0 fully saturated rings. The lowest BCUT2D eigenvalue weighted by molar-refractivity contribution is -0.123. The van der Waals surface area contributed by atoms with Gasteiger partial charge < -0.3 is 10.1 Å². The van der Waals surface area contributed by atoms with E-state index in [0.29, 0.717) is 23.9 Å². The number of benzene rings is 1. The molecule has 0 aliphatic rings. The second-order valence-corrected chi connectivity index (χ2v) is 6.36. The van der Waals surface area contributed by atoms with Crippen molar-refractivity contribution in [3.8, 4) is 0 Å². The van der Waals surface area contributed by atoms with Crippen LogP contribution < -0.4 is 10.6 Å². The number of para-hydroxylation sites is 1. The standard InChI is InChI=1S/C17H16N4O4S/c22-14(19-17(24)18-8-7-11-4-3-9-26-11)10-25-16(23)15-12-5-1-2-6-13(12)20-21-15/h1-6,9H,7-8,10H2,(H,20,21)(H2,18,19,22,24). The number of nitrogens with one attached hydrogen (secondary N) is 3. The molecule has 134 valence electrons. The van der Waals surface area contributed by atoms with Gasteiger partial charge in [0.15, 0.2) is 12.3 Å². The number of urea groups is 1. The zero-order chi connectivity index (χ0) is 18.4. The van der Waals surface area contributed by atoms with Crippen LogP contribution in [-0.4, -0.2) is 41.3 Å². The van der Waals surface area contributed by atoms with Gasteiger partial charge in [0.2, 0.25) is 0 Å². The van der Waals surface area contributed by atoms with Gasteiger partial charge in [-0.1, -0.05) is 24.3 Å². The number of carbonyl (C=O) groups excluding carboxylic acids is 3. The summed E-state index contributed by atoms with van der Waals surface area (Å²) in [6.07, 6.45) is 0.681. The summed E-state index contributed by atoms with van der Waals surface area (Å²) in [4.78, 5) is 36.5. The maximum absolute atomic E-state index is 12.0. The lowest BCUT2D eigenvalue weighted by atomic mass is 10.2. The van der Waals surface area contributed by atoms with Crippen LogP contribution in [0.3, 0.4) is 0 Å². The smallest absolute Gasteiger partial charge is 0.359 e. The zero-order valence-corrected chi connectivity index (χ0v) is 14.5. The van der Waals surface area contributed by atoms with Crippen LogP contribution in [0, 0.1) is 0 Å². The first-order valence-electron chi connectivity index (χ1n) is 7.84. The van der Waals surface area contributed by atoms with Crippen LogP contribution in [0.2, 0.25) is 0 Å². The summed E-state index contributed by atoms with van der Waals surface area (Å²) in [7, 11) is 0. The molecule has 3 amide bonds. The van der Waals surface area contributed by atoms with Crippen molar-refractivity contribution in [1.82, 2.24) is 20.8 Å². The number of carbonyl (C=O) groups is 3. The molecule has 3 rings (SSSR count). The first kappa shape index (κ1) is 17.6. The number of rotatable bonds is 6. The predicted octanol–water partition coefficient (Wildman–Crippen LogP) is 1.85. The molecule has 0 aliphatic heterocycles. The SMILES string of the molecule is O=C(COC(=O)c1n[nH]c2ccccc12)NC(=O)NCCc1cccs1. The molecule has 2 aromatic heterocycles. The van der Waals surface area contributed by atoms with Crippen molar-refractivity contribution in [2.45, 2.75) is 6.42 Å². The maximum Gasteiger partial charge on any atom is 0.359 e. The van der Waals surface area contributed by atoms with Crippen molar-refractivity contribution < 1.29 is 19.1 Å². The maximum atomic E-state index is 12.0. The molecule has 0 unspecified atom stereocenters. The van der Waals surface area contributed by atoms with Gasteiger partial charge in [0.1, 0.15) is 0 Å². The van der Waals surface area contributed by atoms with E-state index in [9.17, 15) is 14.4 Å². The van der Waals surface area contributed by atoms with Gasteiger partial charge in [-0.15, -0.1) is 11.3 Å². The molecule has 26 heavy (non-hydrogen) atoms. The normalized spacial score (nSPS) is 10.5. The number of hydrogen-bond acceptors (Lipinski definition) is 6. The number of esters is 1. The number of aromatic amines is 1. The van der Waals surface area contributed by atoms with E-state index in [4.69, 9.17) is 4.74 Å². The molecule has 0 aliphatic carbocycles. The van der Waals surface area contributed by atoms with E-state index in [0.717, 1.165) is 4.88 Å². The van der Waals surface area contributed by atoms with E-state index in [1.165, 1.54) is 0 Å². The summed E-state index contributed by atoms with van der Waals surface area (Å²) in [6.45, 7) is -0.170. The average molecular weight is 372 g/mol. The largest absolute Gasteiger partial charge is 0.451 e. The van der Waals surface area contributed by atoms with Crippen LogP contribution in [0.25, 0.3) is 10.9 Å². The fourth-order valence-electron chi connectivity index (χ4n) is 2.28. The van der Waals surface area contributed by atoms with Crippen LogP contribution >= 0.6 is 11.3 Å². The van der Waals surface area contributed by atoms with Gasteiger partial charge in [0.25, 0.3) is 5.91 Å². The van der Waals surface area contributed by atoms with Gasteiger partial charge in [0, 0.05) is 16.8 Å². The quantitative estimate of drug-likeness (QED) is 0.572. The third-order valence-electron chi connectivity index (χ3n) is 3.49. The number of imide groups is 1. The van der Waals surface area contributed by atoms with Gasteiger partial charge in [-0.25, -0.2) is 9.59 Å². The Balaban J connectivity index is 1.42. The molecule has 0 atom stereocenters. The molecule has 0 spiro atoms. The number of ether oxygens (including phenoxy) is 1. The molecule has 0 bridgehead atoms. The Kier molecular flexibility index (Phi) is 5.59. The van der Waals surface area contributed by atoms with Crippen LogP contribution in [0.5, 0.6) is 0 Å². The van der Waals surface area contributed by atoms with Crippen LogP contribution in [-0.2, 0) is 16.0 Å². The van der Waals surface area contributed by atoms with Gasteiger partial charge in [-0.2, -0.15) is 5.10 Å². The van der Waals surface area contributed by atoms with Gasteiger partial charge in [0.05, 0.1) is 5.52 Å². The Morgan fingerprint density at radius 2 is 2.00 bits per heavy atom. The highest BCUT2D eigenvalue weighted by Gasteiger charge is 2.17. The van der Waals surface area contributed by atoms with E-state index in [1.54, 1.807) is 35.6 Å². The second kappa shape index (κ2) is 8.26. The second-order valence-electron chi connectivity index (χ2n) is 5.33. The Labute approximate surface area is 152 Å². The van der Waals surface area contributed by atoms with Crippen molar-refractivity contribution in [1.29, 1.82) is 0 Å². The summed E-state index contributed by atoms with van der Waals surface area (Å²) >= 11 is 1.59. The van der Waals surface area contributed by atoms with Gasteiger partial charge in [-0.05, 0) is 23.9 Å². The molecule has 9 heteroatoms. The summed E-state index contributed by atoms with van der Waals surface area (Å²) in [5.74, 6) is -1.46. The Bertz CT molecular complexity index is 920. The van der Waals surface area contributed by atoms with E-state index in [1.807, 2.05) is 17.5 Å². The molecule has 1 aromatic carbocycles. The Morgan fingerprint density at radius 1 is 1.15 bits per heavy atom. The predicted molar refractivity (Wildman–Crippen MR) is 95.9 cm³/mol. The van der Waals surface area contributed by atoms with Crippen molar-refractivity contribution >= 4 is 40.1 Å². The van der Waals surface area contributed by atoms with Gasteiger partial charge in [-0.3, -0.25) is 15.2 Å². The van der Waals surface area contributed by atoms with E-state index in [-0.39, 0.29) is 5.69 Å². The van der Waals surface area contributed by atoms with Crippen LogP contribution in [0.4, 0.5) is 4.79 Å². The van der Waals surface area contributed by atoms with Crippen molar-refractivity contribution in [3.05, 3.63) is 52.3 Å². The summed E-state index contributed by atoms with van der Waals surface area (Å²) < 4.78 is 4.91. The molecule has 3 aromatic rings. The molecule has 3 N–H and O–H groups in total. The van der Waals surface area contributed by atoms with E-state index >= 15 is 0 Å². The number of H-pyrrole nitrogens is 1. The fourth-order valence-corrected chi connectivity index (χ4v) is 2.99. The van der Waals surface area contributed by atoms with Crippen molar-refractivity contribution in [2.75, 3.05) is 13.2 Å². The highest BCUT2D eigenvalue weighted by atomic mass is 32.1. The molecular formula is C17H16N4O4S. The number of hydrogen-bond donors (Lipinski definition) is 3. The zero-order valence-electron chi connectivity index (χ0n) is 13.7. The topological polar surface area (TPSA) is 113 Å². The van der Waals surface area contributed by atoms with E-state index in [2.05, 4.69) is 20.8 Å². The minimum atomic E-state index is -0.740. The molecule has 0 radical (unpaired) electrons. The fraction of sp³-hybridized carbons (Fsp3) is 0.176. The third kappa shape index (κ3) is 4.45. The molecular weight excluding hydrogens is 356 g/mol. The lowest BCUT2D eigenvalue weighted by Gasteiger charge is -2.06. The minimum absolute atomic E-state index is 0.0915. The van der Waals surface area contributed by atoms with Crippen LogP contribution in [0.15, 0.2) is 41.8 Å². The molecule has 0 saturated carbocycles. The summed E-state index contributed by atoms with van der Waals surface area (Å²) in [6, 6.07) is 10.3. The van der Waals surface area contributed by atoms with E-state index < -0.39 is 24.5 Å². The average Bonchev–Trinajstić information content (AvgIpc) is 3.29. The molecule has 8 nitrogen and oxygen atoms in total. The number of thiophene rings is 1. The Hall–Kier alpha value is -3.20. The molecule has 0 saturated heterocycles. The monoisotopic (exact) mass is 372 g/mol. The van der Waals surface area contributed by atoms with Gasteiger partial charge >= 0.3 is 12.0 Å². The van der Waals surface area contributed by atoms with Crippen molar-refractivity contribution in [2.24, 2.45) is 0 Å². The highest BCUT2D eigenvalue weighted by molar-refractivity contribution is 7.09. The first-order valence-corrected chi connectivity index (χ1v) is 8.72. The third-order valence-corrected chi connectivity index (χ3v) is 4.42. The lowest BCUT2D eigenvalue weighted by Crippen LogP contribution is -2.42. The number of nitrogens with zero attached hydrogens (tertiary/aromatic N) is 1. The number of amides is 3. The summed E-state index contributed by atoms with van der Waals surface area (Å²) in [5, 5.41) is 13.8. The van der Waals surface area contributed by atoms with Crippen molar-refractivity contribution in [3.63, 3.8) is 0 Å². The summed E-state index contributed by atoms with van der Waals surface area (Å²) in [5.41, 5.74) is 0.780. The van der Waals surface area contributed by atoms with Crippen LogP contribution in [0.1, 0.15) is 15.4 Å². The number of fused-ring (bicyclic) bond motifs is 1. The highest BCUT2D eigenvalue weighted by Crippen LogP contribution is 2.15.